The zero-order valence-electron chi connectivity index (χ0n) is 19.0. The van der Waals surface area contributed by atoms with Crippen molar-refractivity contribution < 1.29 is 24.3 Å². The molecule has 2 rings (SSSR count). The molecule has 1 saturated heterocycles. The monoisotopic (exact) mass is 479 g/mol. The molecule has 3 amide bonds. The summed E-state index contributed by atoms with van der Waals surface area (Å²) in [4.78, 5) is 60.3. The number of carbonyl (C=O) groups is 4. The van der Waals surface area contributed by atoms with Gasteiger partial charge in [-0.1, -0.05) is 0 Å². The number of rotatable bonds is 13. The number of H-pyrrole nitrogens is 1. The van der Waals surface area contributed by atoms with E-state index in [1.807, 2.05) is 0 Å². The Morgan fingerprint density at radius 1 is 1.21 bits per heavy atom. The quantitative estimate of drug-likeness (QED) is 0.0835. The van der Waals surface area contributed by atoms with E-state index in [1.165, 1.54) is 19.4 Å². The van der Waals surface area contributed by atoms with Gasteiger partial charge in [0.2, 0.25) is 17.7 Å². The fourth-order valence-electron chi connectivity index (χ4n) is 3.43. The summed E-state index contributed by atoms with van der Waals surface area (Å²) in [6, 6.07) is -3.60. The molecule has 14 nitrogen and oxygen atoms in total. The van der Waals surface area contributed by atoms with Gasteiger partial charge in [-0.25, -0.2) is 4.98 Å². The van der Waals surface area contributed by atoms with E-state index in [0.29, 0.717) is 25.1 Å². The highest BCUT2D eigenvalue weighted by molar-refractivity contribution is 5.94. The van der Waals surface area contributed by atoms with Gasteiger partial charge in [-0.15, -0.1) is 0 Å². The lowest BCUT2D eigenvalue weighted by atomic mass is 10.1. The summed E-state index contributed by atoms with van der Waals surface area (Å²) in [6.45, 7) is 2.29. The number of imidazole rings is 1. The highest BCUT2D eigenvalue weighted by Gasteiger charge is 2.31. The number of hydrogen-bond acceptors (Lipinski definition) is 7. The van der Waals surface area contributed by atoms with Gasteiger partial charge in [0.05, 0.1) is 12.4 Å². The van der Waals surface area contributed by atoms with Gasteiger partial charge in [-0.3, -0.25) is 24.2 Å². The number of carboxylic acids is 1. The molecule has 1 aliphatic heterocycles. The molecule has 14 heteroatoms. The third-order valence-corrected chi connectivity index (χ3v) is 5.30. The van der Waals surface area contributed by atoms with Gasteiger partial charge >= 0.3 is 5.97 Å². The second-order valence-electron chi connectivity index (χ2n) is 8.07. The van der Waals surface area contributed by atoms with E-state index in [4.69, 9.17) is 16.6 Å². The Labute approximate surface area is 196 Å². The zero-order valence-corrected chi connectivity index (χ0v) is 19.0. The number of aromatic nitrogens is 2. The van der Waals surface area contributed by atoms with Crippen molar-refractivity contribution in [2.75, 3.05) is 13.1 Å². The minimum absolute atomic E-state index is 0.0444. The highest BCUT2D eigenvalue weighted by atomic mass is 16.4. The molecule has 10 N–H and O–H groups in total. The van der Waals surface area contributed by atoms with Crippen molar-refractivity contribution in [1.82, 2.24) is 31.2 Å². The van der Waals surface area contributed by atoms with Gasteiger partial charge in [0.25, 0.3) is 0 Å². The molecule has 0 radical (unpaired) electrons. The molecule has 0 saturated carbocycles. The fraction of sp³-hybridized carbons (Fsp3) is 0.600. The van der Waals surface area contributed by atoms with Crippen LogP contribution in [0.5, 0.6) is 0 Å². The summed E-state index contributed by atoms with van der Waals surface area (Å²) in [6.07, 6.45) is 5.11. The molecule has 0 spiro atoms. The first kappa shape index (κ1) is 26.6. The first-order chi connectivity index (χ1) is 16.2. The van der Waals surface area contributed by atoms with Gasteiger partial charge < -0.3 is 42.8 Å². The Morgan fingerprint density at radius 3 is 2.53 bits per heavy atom. The molecule has 1 aliphatic rings. The summed E-state index contributed by atoms with van der Waals surface area (Å²) in [7, 11) is 0. The molecule has 0 aromatic carbocycles. The van der Waals surface area contributed by atoms with Crippen LogP contribution >= 0.6 is 0 Å². The van der Waals surface area contributed by atoms with Crippen LogP contribution in [-0.2, 0) is 25.6 Å². The molecular weight excluding hydrogens is 446 g/mol. The Balaban J connectivity index is 2.12. The maximum atomic E-state index is 13.1. The lowest BCUT2D eigenvalue weighted by molar-refractivity contribution is -0.141. The average molecular weight is 480 g/mol. The average Bonchev–Trinajstić information content (AvgIpc) is 3.49. The lowest BCUT2D eigenvalue weighted by Crippen LogP contribution is -2.57. The highest BCUT2D eigenvalue weighted by Crippen LogP contribution is 2.08. The maximum absolute atomic E-state index is 13.1. The predicted octanol–water partition coefficient (Wildman–Crippen LogP) is -2.68. The number of guanidine groups is 1. The van der Waals surface area contributed by atoms with Gasteiger partial charge in [0.15, 0.2) is 5.96 Å². The first-order valence-electron chi connectivity index (χ1n) is 11.1. The lowest BCUT2D eigenvalue weighted by Gasteiger charge is -2.24. The summed E-state index contributed by atoms with van der Waals surface area (Å²) < 4.78 is 0. The van der Waals surface area contributed by atoms with Gasteiger partial charge in [-0.05, 0) is 39.2 Å². The van der Waals surface area contributed by atoms with Crippen LogP contribution in [0.3, 0.4) is 0 Å². The van der Waals surface area contributed by atoms with E-state index in [1.54, 1.807) is 0 Å². The Kier molecular flexibility index (Phi) is 10.3. The molecule has 2 heterocycles. The fourth-order valence-corrected chi connectivity index (χ4v) is 3.43. The summed E-state index contributed by atoms with van der Waals surface area (Å²) in [5.41, 5.74) is 11.2. The van der Waals surface area contributed by atoms with Crippen LogP contribution in [0.15, 0.2) is 17.5 Å². The minimum atomic E-state index is -1.21. The Hall–Kier alpha value is -3.68. The van der Waals surface area contributed by atoms with Gasteiger partial charge in [0.1, 0.15) is 18.1 Å². The number of aliphatic imine (C=N–C) groups is 1. The van der Waals surface area contributed by atoms with E-state index in [-0.39, 0.29) is 31.3 Å². The summed E-state index contributed by atoms with van der Waals surface area (Å²) in [5, 5.41) is 19.9. The first-order valence-corrected chi connectivity index (χ1v) is 11.1. The number of nitrogens with two attached hydrogens (primary N) is 2. The standard InChI is InChI=1S/C20H33N9O5/c1-11(19(33)34)27-18(32)15(8-12-9-23-10-26-12)29-17(31)14(5-3-7-25-20(21)22)28-16(30)13-4-2-6-24-13/h9-11,13-15,24H,2-8H2,1H3,(H,23,26)(H,27,32)(H,28,30)(H,29,31)(H,33,34)(H4,21,22,25). The number of nitrogens with one attached hydrogen (secondary N) is 5. The SMILES string of the molecule is CC(NC(=O)C(Cc1cnc[nH]1)NC(=O)C(CCCN=C(N)N)NC(=O)C1CCCN1)C(=O)O. The topological polar surface area (TPSA) is 230 Å². The molecule has 0 bridgehead atoms. The second kappa shape index (κ2) is 13.1. The Morgan fingerprint density at radius 2 is 1.94 bits per heavy atom. The van der Waals surface area contributed by atoms with Crippen LogP contribution in [0.1, 0.15) is 38.3 Å². The molecule has 188 valence electrons. The van der Waals surface area contributed by atoms with Crippen molar-refractivity contribution in [3.63, 3.8) is 0 Å². The number of hydrogen-bond donors (Lipinski definition) is 8. The molecular formula is C20H33N9O5. The number of carboxylic acid groups (broad SMARTS) is 1. The number of nitrogens with zero attached hydrogens (tertiary/aromatic N) is 2. The molecule has 4 atom stereocenters. The third-order valence-electron chi connectivity index (χ3n) is 5.30. The van der Waals surface area contributed by atoms with Crippen LogP contribution in [-0.4, -0.2) is 82.0 Å². The van der Waals surface area contributed by atoms with Crippen molar-refractivity contribution in [2.24, 2.45) is 16.5 Å². The smallest absolute Gasteiger partial charge is 0.325 e. The zero-order chi connectivity index (χ0) is 25.1. The van der Waals surface area contributed by atoms with Crippen LogP contribution in [0.25, 0.3) is 0 Å². The molecule has 0 aliphatic carbocycles. The molecule has 34 heavy (non-hydrogen) atoms. The summed E-state index contributed by atoms with van der Waals surface area (Å²) >= 11 is 0. The van der Waals surface area contributed by atoms with Crippen molar-refractivity contribution in [2.45, 2.75) is 63.2 Å². The van der Waals surface area contributed by atoms with Crippen molar-refractivity contribution in [3.8, 4) is 0 Å². The van der Waals surface area contributed by atoms with Crippen LogP contribution in [0.2, 0.25) is 0 Å². The number of aromatic amines is 1. The molecule has 1 fully saturated rings. The third kappa shape index (κ3) is 8.69. The van der Waals surface area contributed by atoms with Crippen LogP contribution < -0.4 is 32.7 Å². The van der Waals surface area contributed by atoms with Crippen molar-refractivity contribution in [1.29, 1.82) is 0 Å². The van der Waals surface area contributed by atoms with E-state index in [9.17, 15) is 19.2 Å². The number of amides is 3. The minimum Gasteiger partial charge on any atom is -0.480 e. The second-order valence-corrected chi connectivity index (χ2v) is 8.07. The van der Waals surface area contributed by atoms with Crippen LogP contribution in [0.4, 0.5) is 0 Å². The van der Waals surface area contributed by atoms with E-state index < -0.39 is 42.0 Å². The normalized spacial score (nSPS) is 17.7. The molecule has 1 aromatic heterocycles. The van der Waals surface area contributed by atoms with E-state index in [0.717, 1.165) is 6.42 Å². The van der Waals surface area contributed by atoms with Gasteiger partial charge in [0, 0.05) is 24.9 Å². The van der Waals surface area contributed by atoms with E-state index >= 15 is 0 Å². The largest absolute Gasteiger partial charge is 0.480 e. The van der Waals surface area contributed by atoms with Crippen molar-refractivity contribution >= 4 is 29.7 Å². The molecule has 4 unspecified atom stereocenters. The number of aliphatic carboxylic acids is 1. The van der Waals surface area contributed by atoms with E-state index in [2.05, 4.69) is 36.2 Å². The van der Waals surface area contributed by atoms with Gasteiger partial charge in [-0.2, -0.15) is 0 Å². The predicted molar refractivity (Wildman–Crippen MR) is 122 cm³/mol. The van der Waals surface area contributed by atoms with Crippen LogP contribution in [0, 0.1) is 0 Å². The number of carbonyl (C=O) groups excluding carboxylic acids is 3. The van der Waals surface area contributed by atoms with Crippen molar-refractivity contribution in [3.05, 3.63) is 18.2 Å². The maximum Gasteiger partial charge on any atom is 0.325 e. The molecule has 1 aromatic rings. The summed E-state index contributed by atoms with van der Waals surface area (Å²) in [5.74, 6) is -2.87. The Bertz CT molecular complexity index is 864.